The van der Waals surface area contributed by atoms with Gasteiger partial charge in [-0.15, -0.1) is 0 Å². The van der Waals surface area contributed by atoms with Crippen molar-refractivity contribution in [1.82, 2.24) is 0 Å². The Balaban J connectivity index is 2.70. The summed E-state index contributed by atoms with van der Waals surface area (Å²) in [6.07, 6.45) is 0. The van der Waals surface area contributed by atoms with Gasteiger partial charge in [0.25, 0.3) is 0 Å². The Kier molecular flexibility index (Phi) is 3.98. The van der Waals surface area contributed by atoms with E-state index in [1.165, 1.54) is 24.3 Å². The zero-order chi connectivity index (χ0) is 14.7. The van der Waals surface area contributed by atoms with Crippen molar-refractivity contribution in [2.45, 2.75) is 5.92 Å². The van der Waals surface area contributed by atoms with Crippen molar-refractivity contribution in [3.63, 3.8) is 0 Å². The molecule has 0 bridgehead atoms. The second-order valence-electron chi connectivity index (χ2n) is 4.01. The molecule has 0 aliphatic heterocycles. The molecule has 2 aromatic carbocycles. The Morgan fingerprint density at radius 2 is 1.65 bits per heavy atom. The van der Waals surface area contributed by atoms with E-state index in [1.54, 1.807) is 6.07 Å². The molecule has 0 aromatic heterocycles. The average Bonchev–Trinajstić information content (AvgIpc) is 2.43. The molecular weight excluding hydrogens is 282 g/mol. The first-order valence-electron chi connectivity index (χ1n) is 5.62. The number of halogens is 3. The number of nitriles is 2. The highest BCUT2D eigenvalue weighted by Gasteiger charge is 2.24. The quantitative estimate of drug-likeness (QED) is 0.833. The van der Waals surface area contributed by atoms with Gasteiger partial charge in [0.05, 0.1) is 11.6 Å². The van der Waals surface area contributed by atoms with Gasteiger partial charge in [-0.3, -0.25) is 0 Å². The predicted octanol–water partition coefficient (Wildman–Crippen LogP) is 4.15. The third-order valence-corrected chi connectivity index (χ3v) is 3.22. The minimum atomic E-state index is -1.14. The molecule has 2 rings (SSSR count). The molecule has 0 N–H and O–H groups in total. The standard InChI is InChI=1S/C15H7ClF2N2/c16-12-4-2-6-14(18)15(12)11(8-20)9-3-1-5-13(17)10(9)7-19/h1-6,11H. The molecule has 1 unspecified atom stereocenters. The average molecular weight is 289 g/mol. The van der Waals surface area contributed by atoms with E-state index < -0.39 is 17.6 Å². The first-order valence-corrected chi connectivity index (χ1v) is 6.00. The molecule has 0 heterocycles. The summed E-state index contributed by atoms with van der Waals surface area (Å²) < 4.78 is 27.5. The molecule has 0 fully saturated rings. The predicted molar refractivity (Wildman–Crippen MR) is 70.0 cm³/mol. The Labute approximate surface area is 119 Å². The van der Waals surface area contributed by atoms with Crippen LogP contribution in [0.2, 0.25) is 5.02 Å². The SMILES string of the molecule is N#Cc1c(F)cccc1C(C#N)c1c(F)cccc1Cl. The molecular formula is C15H7ClF2N2. The summed E-state index contributed by atoms with van der Waals surface area (Å²) in [5.41, 5.74) is -0.237. The number of hydrogen-bond acceptors (Lipinski definition) is 2. The van der Waals surface area contributed by atoms with Crippen molar-refractivity contribution in [2.24, 2.45) is 0 Å². The Morgan fingerprint density at radius 3 is 2.25 bits per heavy atom. The van der Waals surface area contributed by atoms with Crippen molar-refractivity contribution in [1.29, 1.82) is 10.5 Å². The highest BCUT2D eigenvalue weighted by molar-refractivity contribution is 6.31. The highest BCUT2D eigenvalue weighted by Crippen LogP contribution is 2.34. The smallest absolute Gasteiger partial charge is 0.141 e. The Morgan fingerprint density at radius 1 is 1.00 bits per heavy atom. The van der Waals surface area contributed by atoms with Gasteiger partial charge in [-0.1, -0.05) is 29.8 Å². The van der Waals surface area contributed by atoms with Gasteiger partial charge in [0.2, 0.25) is 0 Å². The van der Waals surface area contributed by atoms with Gasteiger partial charge in [-0.2, -0.15) is 10.5 Å². The molecule has 1 atom stereocenters. The van der Waals surface area contributed by atoms with Crippen molar-refractivity contribution < 1.29 is 8.78 Å². The fraction of sp³-hybridized carbons (Fsp3) is 0.0667. The molecule has 2 nitrogen and oxygen atoms in total. The van der Waals surface area contributed by atoms with Crippen LogP contribution >= 0.6 is 11.6 Å². The maximum absolute atomic E-state index is 13.9. The van der Waals surface area contributed by atoms with Crippen LogP contribution in [0.5, 0.6) is 0 Å². The Bertz CT molecular complexity index is 724. The van der Waals surface area contributed by atoms with E-state index in [-0.39, 0.29) is 21.7 Å². The maximum Gasteiger partial charge on any atom is 0.141 e. The third kappa shape index (κ3) is 2.34. The van der Waals surface area contributed by atoms with Crippen LogP contribution in [0.25, 0.3) is 0 Å². The lowest BCUT2D eigenvalue weighted by Crippen LogP contribution is -2.06. The molecule has 0 amide bonds. The summed E-state index contributed by atoms with van der Waals surface area (Å²) in [6.45, 7) is 0. The van der Waals surface area contributed by atoms with E-state index in [0.717, 1.165) is 12.1 Å². The number of rotatable bonds is 2. The lowest BCUT2D eigenvalue weighted by atomic mass is 9.89. The number of benzene rings is 2. The zero-order valence-electron chi connectivity index (χ0n) is 10.1. The van der Waals surface area contributed by atoms with Crippen LogP contribution in [0, 0.1) is 34.3 Å². The van der Waals surface area contributed by atoms with E-state index in [9.17, 15) is 14.0 Å². The van der Waals surface area contributed by atoms with Gasteiger partial charge < -0.3 is 0 Å². The summed E-state index contributed by atoms with van der Waals surface area (Å²) in [5.74, 6) is -2.57. The van der Waals surface area contributed by atoms with Gasteiger partial charge in [0, 0.05) is 10.6 Å². The minimum absolute atomic E-state index is 0.0567. The summed E-state index contributed by atoms with van der Waals surface area (Å²) in [4.78, 5) is 0. The van der Waals surface area contributed by atoms with Crippen LogP contribution in [-0.2, 0) is 0 Å². The molecule has 2 aromatic rings. The Hall–Kier alpha value is -2.43. The maximum atomic E-state index is 13.9. The first kappa shape index (κ1) is 14.0. The number of nitrogens with zero attached hydrogens (tertiary/aromatic N) is 2. The van der Waals surface area contributed by atoms with Gasteiger partial charge in [-0.05, 0) is 23.8 Å². The monoisotopic (exact) mass is 288 g/mol. The summed E-state index contributed by atoms with van der Waals surface area (Å²) >= 11 is 5.92. The number of hydrogen-bond donors (Lipinski definition) is 0. The summed E-state index contributed by atoms with van der Waals surface area (Å²) in [6, 6.07) is 11.5. The van der Waals surface area contributed by atoms with Crippen molar-refractivity contribution in [2.75, 3.05) is 0 Å². The molecule has 0 aliphatic rings. The van der Waals surface area contributed by atoms with Crippen molar-refractivity contribution >= 4 is 11.6 Å². The summed E-state index contributed by atoms with van der Waals surface area (Å²) in [5, 5.41) is 18.3. The largest absolute Gasteiger partial charge is 0.207 e. The lowest BCUT2D eigenvalue weighted by molar-refractivity contribution is 0.605. The van der Waals surface area contributed by atoms with Crippen molar-refractivity contribution in [3.05, 3.63) is 69.7 Å². The second kappa shape index (κ2) is 5.69. The lowest BCUT2D eigenvalue weighted by Gasteiger charge is -2.14. The van der Waals surface area contributed by atoms with E-state index in [4.69, 9.17) is 16.9 Å². The van der Waals surface area contributed by atoms with Crippen LogP contribution in [-0.4, -0.2) is 0 Å². The van der Waals surface area contributed by atoms with E-state index >= 15 is 0 Å². The highest BCUT2D eigenvalue weighted by atomic mass is 35.5. The van der Waals surface area contributed by atoms with E-state index in [2.05, 4.69) is 0 Å². The fourth-order valence-corrected chi connectivity index (χ4v) is 2.25. The van der Waals surface area contributed by atoms with Gasteiger partial charge >= 0.3 is 0 Å². The molecule has 0 aliphatic carbocycles. The molecule has 0 spiro atoms. The third-order valence-electron chi connectivity index (χ3n) is 2.89. The second-order valence-corrected chi connectivity index (χ2v) is 4.42. The normalized spacial score (nSPS) is 11.4. The molecule has 5 heteroatoms. The zero-order valence-corrected chi connectivity index (χ0v) is 10.8. The molecule has 0 saturated carbocycles. The van der Waals surface area contributed by atoms with Crippen LogP contribution in [0.15, 0.2) is 36.4 Å². The minimum Gasteiger partial charge on any atom is -0.207 e. The summed E-state index contributed by atoms with van der Waals surface area (Å²) in [7, 11) is 0. The van der Waals surface area contributed by atoms with E-state index in [0.29, 0.717) is 0 Å². The van der Waals surface area contributed by atoms with Crippen LogP contribution in [0.4, 0.5) is 8.78 Å². The van der Waals surface area contributed by atoms with Gasteiger partial charge in [0.15, 0.2) is 0 Å². The van der Waals surface area contributed by atoms with Crippen LogP contribution in [0.1, 0.15) is 22.6 Å². The van der Waals surface area contributed by atoms with Gasteiger partial charge in [0.1, 0.15) is 23.6 Å². The first-order chi connectivity index (χ1) is 9.60. The van der Waals surface area contributed by atoms with Crippen LogP contribution < -0.4 is 0 Å². The molecule has 98 valence electrons. The topological polar surface area (TPSA) is 47.6 Å². The van der Waals surface area contributed by atoms with E-state index in [1.807, 2.05) is 6.07 Å². The van der Waals surface area contributed by atoms with Crippen molar-refractivity contribution in [3.8, 4) is 12.1 Å². The molecule has 0 radical (unpaired) electrons. The van der Waals surface area contributed by atoms with Gasteiger partial charge in [-0.25, -0.2) is 8.78 Å². The molecule has 20 heavy (non-hydrogen) atoms. The van der Waals surface area contributed by atoms with Crippen LogP contribution in [0.3, 0.4) is 0 Å². The molecule has 0 saturated heterocycles. The fourth-order valence-electron chi connectivity index (χ4n) is 1.98.